The number of rotatable bonds is 2. The van der Waals surface area contributed by atoms with Crippen LogP contribution < -0.4 is 20.1 Å². The predicted molar refractivity (Wildman–Crippen MR) is 138 cm³/mol. The molecule has 0 bridgehead atoms. The summed E-state index contributed by atoms with van der Waals surface area (Å²) in [5, 5.41) is 6.17. The average molecular weight is 508 g/mol. The minimum Gasteiger partial charge on any atom is -0.454 e. The second kappa shape index (κ2) is 7.23. The van der Waals surface area contributed by atoms with Gasteiger partial charge in [-0.25, -0.2) is 0 Å². The van der Waals surface area contributed by atoms with Gasteiger partial charge in [-0.05, 0) is 62.2 Å². The van der Waals surface area contributed by atoms with Crippen LogP contribution in [0.2, 0.25) is 0 Å². The molecule has 2 spiro atoms. The number of carbonyl (C=O) groups excluding carboxylic acids is 3. The van der Waals surface area contributed by atoms with Crippen LogP contribution in [0.25, 0.3) is 0 Å². The first kappa shape index (κ1) is 21.9. The maximum atomic E-state index is 14.7. The molecule has 3 aromatic carbocycles. The SMILES string of the molecule is Cc1ccc2c(c1)[C@]1(C(=O)N2)N2CCC[C@H]2[C@@H](C(=O)c2ccc3c(c2)OCO3)[C@]12C(=O)Nc1ccccc12. The van der Waals surface area contributed by atoms with E-state index in [1.165, 1.54) is 0 Å². The quantitative estimate of drug-likeness (QED) is 0.513. The summed E-state index contributed by atoms with van der Waals surface area (Å²) in [5.41, 5.74) is 1.43. The number of benzene rings is 3. The summed E-state index contributed by atoms with van der Waals surface area (Å²) >= 11 is 0. The molecule has 190 valence electrons. The van der Waals surface area contributed by atoms with Crippen molar-refractivity contribution in [2.45, 2.75) is 36.8 Å². The molecule has 5 aliphatic heterocycles. The fourth-order valence-corrected chi connectivity index (χ4v) is 7.92. The number of Topliss-reactive ketones (excluding diaryl/α,β-unsaturated/α-hetero) is 1. The second-order valence-corrected chi connectivity index (χ2v) is 10.8. The summed E-state index contributed by atoms with van der Waals surface area (Å²) in [5.74, 6) is -0.416. The van der Waals surface area contributed by atoms with E-state index in [0.717, 1.165) is 17.5 Å². The Morgan fingerprint density at radius 2 is 1.71 bits per heavy atom. The van der Waals surface area contributed by atoms with Crippen molar-refractivity contribution >= 4 is 29.0 Å². The number of hydrogen-bond acceptors (Lipinski definition) is 6. The van der Waals surface area contributed by atoms with Gasteiger partial charge in [-0.3, -0.25) is 19.3 Å². The van der Waals surface area contributed by atoms with Gasteiger partial charge in [-0.2, -0.15) is 0 Å². The molecule has 0 saturated carbocycles. The van der Waals surface area contributed by atoms with Crippen LogP contribution in [-0.2, 0) is 20.5 Å². The number of amides is 2. The van der Waals surface area contributed by atoms with Crippen molar-refractivity contribution in [3.05, 3.63) is 82.9 Å². The maximum absolute atomic E-state index is 14.7. The Morgan fingerprint density at radius 3 is 2.61 bits per heavy atom. The lowest BCUT2D eigenvalue weighted by Gasteiger charge is -2.43. The third kappa shape index (κ3) is 2.33. The number of aryl methyl sites for hydroxylation is 1. The highest BCUT2D eigenvalue weighted by molar-refractivity contribution is 6.21. The van der Waals surface area contributed by atoms with Crippen molar-refractivity contribution in [1.82, 2.24) is 4.90 Å². The molecule has 2 fully saturated rings. The molecule has 8 rings (SSSR count). The zero-order chi connectivity index (χ0) is 25.8. The highest BCUT2D eigenvalue weighted by Gasteiger charge is 2.81. The fraction of sp³-hybridized carbons (Fsp3) is 0.300. The van der Waals surface area contributed by atoms with E-state index in [-0.39, 0.29) is 30.4 Å². The highest BCUT2D eigenvalue weighted by Crippen LogP contribution is 2.68. The molecule has 0 aromatic heterocycles. The molecule has 2 saturated heterocycles. The number of anilines is 2. The Bertz CT molecular complexity index is 1600. The first-order valence-corrected chi connectivity index (χ1v) is 13.0. The lowest BCUT2D eigenvalue weighted by Crippen LogP contribution is -2.62. The molecule has 8 heteroatoms. The van der Waals surface area contributed by atoms with E-state index in [0.29, 0.717) is 47.0 Å². The first-order valence-electron chi connectivity index (χ1n) is 13.0. The van der Waals surface area contributed by atoms with Crippen LogP contribution in [0.5, 0.6) is 11.5 Å². The summed E-state index contributed by atoms with van der Waals surface area (Å²) in [7, 11) is 0. The smallest absolute Gasteiger partial charge is 0.251 e. The zero-order valence-corrected chi connectivity index (χ0v) is 20.7. The van der Waals surface area contributed by atoms with Crippen LogP contribution in [0.1, 0.15) is 39.9 Å². The van der Waals surface area contributed by atoms with Gasteiger partial charge < -0.3 is 20.1 Å². The van der Waals surface area contributed by atoms with Crippen LogP contribution in [0.4, 0.5) is 11.4 Å². The topological polar surface area (TPSA) is 97.0 Å². The summed E-state index contributed by atoms with van der Waals surface area (Å²) in [6.07, 6.45) is 1.56. The van der Waals surface area contributed by atoms with E-state index < -0.39 is 16.9 Å². The van der Waals surface area contributed by atoms with E-state index in [2.05, 4.69) is 15.5 Å². The third-order valence-electron chi connectivity index (χ3n) is 9.19. The van der Waals surface area contributed by atoms with Gasteiger partial charge in [-0.15, -0.1) is 0 Å². The second-order valence-electron chi connectivity index (χ2n) is 10.8. The van der Waals surface area contributed by atoms with Crippen molar-refractivity contribution in [1.29, 1.82) is 0 Å². The largest absolute Gasteiger partial charge is 0.454 e. The molecule has 38 heavy (non-hydrogen) atoms. The molecule has 5 aliphatic rings. The van der Waals surface area contributed by atoms with Crippen LogP contribution in [0.15, 0.2) is 60.7 Å². The summed E-state index contributed by atoms with van der Waals surface area (Å²) in [6, 6.07) is 18.3. The predicted octanol–water partition coefficient (Wildman–Crippen LogP) is 3.74. The van der Waals surface area contributed by atoms with Crippen molar-refractivity contribution in [3.63, 3.8) is 0 Å². The Hall–Kier alpha value is -4.17. The standard InChI is InChI=1S/C30H25N3O5/c1-16-8-10-21-19(13-16)30(28(36)32-21)29(18-5-2-3-6-20(18)31-27(29)35)25(22-7-4-12-33(22)30)26(34)17-9-11-23-24(14-17)38-15-37-23/h2-3,5-6,8-11,13-14,22,25H,4,7,12,15H2,1H3,(H,31,35)(H,32,36)/t22-,25-,29+,30+/m0/s1. The number of hydrogen-bond donors (Lipinski definition) is 2. The number of carbonyl (C=O) groups is 3. The summed E-state index contributed by atoms with van der Waals surface area (Å²) in [6.45, 7) is 2.71. The molecule has 4 atom stereocenters. The van der Waals surface area contributed by atoms with Gasteiger partial charge in [0.1, 0.15) is 11.0 Å². The number of para-hydroxylation sites is 1. The van der Waals surface area contributed by atoms with Gasteiger partial charge in [0.15, 0.2) is 17.3 Å². The van der Waals surface area contributed by atoms with Gasteiger partial charge in [-0.1, -0.05) is 35.9 Å². The van der Waals surface area contributed by atoms with Gasteiger partial charge in [0.2, 0.25) is 12.7 Å². The first-order chi connectivity index (χ1) is 18.5. The molecule has 2 N–H and O–H groups in total. The van der Waals surface area contributed by atoms with Crippen LogP contribution in [0.3, 0.4) is 0 Å². The Labute approximate surface area is 218 Å². The molecule has 3 aromatic rings. The number of nitrogens with zero attached hydrogens (tertiary/aromatic N) is 1. The molecular weight excluding hydrogens is 482 g/mol. The number of fused-ring (bicyclic) bond motifs is 8. The molecule has 0 unspecified atom stereocenters. The van der Waals surface area contributed by atoms with Gasteiger partial charge in [0.05, 0.1) is 5.92 Å². The summed E-state index contributed by atoms with van der Waals surface area (Å²) < 4.78 is 11.0. The highest BCUT2D eigenvalue weighted by atomic mass is 16.7. The van der Waals surface area contributed by atoms with Crippen molar-refractivity contribution in [2.24, 2.45) is 5.92 Å². The van der Waals surface area contributed by atoms with Crippen molar-refractivity contribution < 1.29 is 23.9 Å². The number of nitrogens with one attached hydrogen (secondary N) is 2. The monoisotopic (exact) mass is 507 g/mol. The van der Waals surface area contributed by atoms with Crippen molar-refractivity contribution in [2.75, 3.05) is 24.0 Å². The van der Waals surface area contributed by atoms with Crippen LogP contribution in [-0.4, -0.2) is 41.9 Å². The molecule has 2 amide bonds. The van der Waals surface area contributed by atoms with Gasteiger partial charge >= 0.3 is 0 Å². The minimum absolute atomic E-state index is 0.103. The Balaban J connectivity index is 1.45. The Morgan fingerprint density at radius 1 is 0.921 bits per heavy atom. The fourth-order valence-electron chi connectivity index (χ4n) is 7.92. The van der Waals surface area contributed by atoms with E-state index in [9.17, 15) is 14.4 Å². The number of ketones is 1. The molecule has 5 heterocycles. The van der Waals surface area contributed by atoms with E-state index in [1.54, 1.807) is 18.2 Å². The molecule has 8 nitrogen and oxygen atoms in total. The van der Waals surface area contributed by atoms with Crippen LogP contribution in [0, 0.1) is 12.8 Å². The lowest BCUT2D eigenvalue weighted by molar-refractivity contribution is -0.137. The zero-order valence-electron chi connectivity index (χ0n) is 20.7. The molecule has 0 radical (unpaired) electrons. The maximum Gasteiger partial charge on any atom is 0.251 e. The van der Waals surface area contributed by atoms with Gasteiger partial charge in [0.25, 0.3) is 5.91 Å². The van der Waals surface area contributed by atoms with Crippen LogP contribution >= 0.6 is 0 Å². The van der Waals surface area contributed by atoms with Gasteiger partial charge in [0, 0.05) is 28.5 Å². The molecular formula is C30H25N3O5. The van der Waals surface area contributed by atoms with Crippen molar-refractivity contribution in [3.8, 4) is 11.5 Å². The minimum atomic E-state index is -1.45. The van der Waals surface area contributed by atoms with E-state index in [1.807, 2.05) is 49.4 Å². The average Bonchev–Trinajstić information content (AvgIpc) is 3.71. The number of ether oxygens (including phenoxy) is 2. The molecule has 0 aliphatic carbocycles. The van der Waals surface area contributed by atoms with E-state index >= 15 is 0 Å². The normalized spacial score (nSPS) is 29.9. The summed E-state index contributed by atoms with van der Waals surface area (Å²) in [4.78, 5) is 45.8. The Kier molecular flexibility index (Phi) is 4.16. The van der Waals surface area contributed by atoms with E-state index in [4.69, 9.17) is 9.47 Å². The lowest BCUT2D eigenvalue weighted by atomic mass is 9.57. The third-order valence-corrected chi connectivity index (χ3v) is 9.19.